The number of carbonyl (C=O) groups is 3. The van der Waals surface area contributed by atoms with Gasteiger partial charge in [-0.3, -0.25) is 9.59 Å². The van der Waals surface area contributed by atoms with Gasteiger partial charge in [-0.2, -0.15) is 0 Å². The minimum Gasteiger partial charge on any atom is -0.445 e. The van der Waals surface area contributed by atoms with Gasteiger partial charge >= 0.3 is 6.09 Å². The summed E-state index contributed by atoms with van der Waals surface area (Å²) in [5, 5.41) is 6.12. The van der Waals surface area contributed by atoms with Crippen LogP contribution in [0.3, 0.4) is 0 Å². The zero-order chi connectivity index (χ0) is 21.3. The average Bonchev–Trinajstić information content (AvgIpc) is 3.16. The van der Waals surface area contributed by atoms with Gasteiger partial charge in [0.2, 0.25) is 11.6 Å². The first-order valence-corrected chi connectivity index (χ1v) is 9.48. The van der Waals surface area contributed by atoms with Crippen molar-refractivity contribution in [2.75, 3.05) is 27.2 Å². The molecule has 10 heteroatoms. The van der Waals surface area contributed by atoms with E-state index in [0.717, 1.165) is 13.0 Å². The summed E-state index contributed by atoms with van der Waals surface area (Å²) in [6.45, 7) is 3.03. The molecule has 0 saturated heterocycles. The van der Waals surface area contributed by atoms with Gasteiger partial charge < -0.3 is 36.1 Å². The maximum absolute atomic E-state index is 13.3. The van der Waals surface area contributed by atoms with Gasteiger partial charge in [0.1, 0.15) is 18.4 Å². The number of ketones is 2. The quantitative estimate of drug-likeness (QED) is 0.440. The Morgan fingerprint density at radius 1 is 1.28 bits per heavy atom. The lowest BCUT2D eigenvalue weighted by molar-refractivity contribution is 0.0871. The van der Waals surface area contributed by atoms with Crippen molar-refractivity contribution in [2.45, 2.75) is 38.6 Å². The summed E-state index contributed by atoms with van der Waals surface area (Å²) in [4.78, 5) is 37.7. The van der Waals surface area contributed by atoms with Crippen LogP contribution in [0.2, 0.25) is 0 Å². The molecule has 0 aromatic carbocycles. The van der Waals surface area contributed by atoms with Crippen molar-refractivity contribution in [3.05, 3.63) is 33.8 Å². The van der Waals surface area contributed by atoms with Crippen LogP contribution in [-0.2, 0) is 22.6 Å². The number of nitrogens with zero attached hydrogens (tertiary/aromatic N) is 1. The Kier molecular flexibility index (Phi) is 6.06. The fraction of sp³-hybridized carbons (Fsp3) is 0.526. The molecule has 10 nitrogen and oxygen atoms in total. The molecule has 158 valence electrons. The van der Waals surface area contributed by atoms with Gasteiger partial charge in [0.15, 0.2) is 0 Å². The number of amides is 1. The van der Waals surface area contributed by atoms with Crippen LogP contribution in [0.25, 0.3) is 0 Å². The van der Waals surface area contributed by atoms with Crippen molar-refractivity contribution in [3.8, 4) is 0 Å². The molecule has 2 atom stereocenters. The molecule has 1 aliphatic heterocycles. The highest BCUT2D eigenvalue weighted by Gasteiger charge is 2.44. The van der Waals surface area contributed by atoms with E-state index in [-0.39, 0.29) is 41.2 Å². The van der Waals surface area contributed by atoms with Gasteiger partial charge in [0, 0.05) is 31.3 Å². The molecular formula is C19H27N5O5. The van der Waals surface area contributed by atoms with Crippen LogP contribution in [-0.4, -0.2) is 55.5 Å². The number of carbonyl (C=O) groups excluding carboxylic acids is 3. The van der Waals surface area contributed by atoms with E-state index in [9.17, 15) is 14.4 Å². The van der Waals surface area contributed by atoms with Crippen molar-refractivity contribution in [3.63, 3.8) is 0 Å². The van der Waals surface area contributed by atoms with E-state index in [1.54, 1.807) is 11.5 Å². The number of Topliss-reactive ketones (excluding diaryl/α,β-unsaturated/α-hetero) is 2. The zero-order valence-corrected chi connectivity index (χ0v) is 16.8. The number of allylic oxidation sites excluding steroid dienone is 2. The van der Waals surface area contributed by atoms with Crippen LogP contribution in [0, 0.1) is 0 Å². The molecule has 1 aliphatic carbocycles. The third kappa shape index (κ3) is 3.54. The number of methoxy groups -OCH3 is 1. The Bertz CT molecular complexity index is 888. The maximum Gasteiger partial charge on any atom is 0.404 e. The molecule has 2 heterocycles. The number of rotatable bonds is 8. The molecule has 0 radical (unpaired) electrons. The van der Waals surface area contributed by atoms with E-state index in [2.05, 4.69) is 10.6 Å². The van der Waals surface area contributed by atoms with E-state index in [1.165, 1.54) is 7.11 Å². The van der Waals surface area contributed by atoms with Crippen LogP contribution in [0.1, 0.15) is 51.6 Å². The summed E-state index contributed by atoms with van der Waals surface area (Å²) < 4.78 is 12.2. The Balaban J connectivity index is 2.07. The standard InChI is InChI=1S/C19H27N5O5/c1-9-13(23-6-4-5-22-2)17(26)12-10(8-29-19(21)27)14-18(28-3)11(20)7-24(14)15(12)16(9)25/h11,18,22-23H,4-8,20H2,1-3H3,(H2,21,27)/t11-,18-/m0/s1. The molecule has 1 amide bonds. The van der Waals surface area contributed by atoms with E-state index >= 15 is 0 Å². The molecule has 2 aliphatic rings. The van der Waals surface area contributed by atoms with E-state index in [0.29, 0.717) is 29.9 Å². The topological polar surface area (TPSA) is 151 Å². The monoisotopic (exact) mass is 405 g/mol. The molecule has 0 fully saturated rings. The molecule has 0 bridgehead atoms. The van der Waals surface area contributed by atoms with Gasteiger partial charge in [0.25, 0.3) is 0 Å². The summed E-state index contributed by atoms with van der Waals surface area (Å²) in [6.07, 6.45) is -0.715. The minimum absolute atomic E-state index is 0.224. The van der Waals surface area contributed by atoms with Crippen molar-refractivity contribution in [2.24, 2.45) is 11.5 Å². The van der Waals surface area contributed by atoms with E-state index in [1.807, 2.05) is 7.05 Å². The van der Waals surface area contributed by atoms with Crippen LogP contribution in [0.5, 0.6) is 0 Å². The summed E-state index contributed by atoms with van der Waals surface area (Å²) in [7, 11) is 3.35. The fourth-order valence-corrected chi connectivity index (χ4v) is 4.05. The molecule has 0 unspecified atom stereocenters. The predicted octanol–water partition coefficient (Wildman–Crippen LogP) is -0.0361. The fourth-order valence-electron chi connectivity index (χ4n) is 4.05. The molecular weight excluding hydrogens is 378 g/mol. The van der Waals surface area contributed by atoms with Crippen LogP contribution >= 0.6 is 0 Å². The first-order valence-electron chi connectivity index (χ1n) is 9.48. The summed E-state index contributed by atoms with van der Waals surface area (Å²) >= 11 is 0. The molecule has 0 spiro atoms. The Morgan fingerprint density at radius 3 is 2.62 bits per heavy atom. The summed E-state index contributed by atoms with van der Waals surface area (Å²) in [6, 6.07) is -0.388. The largest absolute Gasteiger partial charge is 0.445 e. The smallest absolute Gasteiger partial charge is 0.404 e. The van der Waals surface area contributed by atoms with Gasteiger partial charge in [-0.05, 0) is 26.9 Å². The van der Waals surface area contributed by atoms with Crippen molar-refractivity contribution < 1.29 is 23.9 Å². The van der Waals surface area contributed by atoms with Crippen LogP contribution < -0.4 is 22.1 Å². The number of nitrogens with one attached hydrogen (secondary N) is 2. The lowest BCUT2D eigenvalue weighted by Gasteiger charge is -2.21. The van der Waals surface area contributed by atoms with Crippen molar-refractivity contribution in [1.82, 2.24) is 15.2 Å². The van der Waals surface area contributed by atoms with Crippen molar-refractivity contribution in [1.29, 1.82) is 0 Å². The number of aromatic nitrogens is 1. The molecule has 29 heavy (non-hydrogen) atoms. The molecule has 3 rings (SSSR count). The first-order chi connectivity index (χ1) is 13.8. The van der Waals surface area contributed by atoms with Gasteiger partial charge in [-0.1, -0.05) is 0 Å². The lowest BCUT2D eigenvalue weighted by Crippen LogP contribution is -2.33. The van der Waals surface area contributed by atoms with Crippen LogP contribution in [0.15, 0.2) is 11.3 Å². The third-order valence-corrected chi connectivity index (χ3v) is 5.36. The summed E-state index contributed by atoms with van der Waals surface area (Å²) in [5.41, 5.74) is 13.4. The second-order valence-electron chi connectivity index (χ2n) is 7.17. The van der Waals surface area contributed by atoms with Crippen molar-refractivity contribution >= 4 is 17.7 Å². The second kappa shape index (κ2) is 8.36. The Labute approximate surface area is 168 Å². The van der Waals surface area contributed by atoms with Gasteiger partial charge in [0.05, 0.1) is 23.0 Å². The Morgan fingerprint density at radius 2 is 2.00 bits per heavy atom. The number of hydrogen-bond acceptors (Lipinski definition) is 8. The highest BCUT2D eigenvalue weighted by Crippen LogP contribution is 2.41. The highest BCUT2D eigenvalue weighted by molar-refractivity contribution is 6.26. The second-order valence-corrected chi connectivity index (χ2v) is 7.17. The van der Waals surface area contributed by atoms with E-state index < -0.39 is 12.2 Å². The van der Waals surface area contributed by atoms with E-state index in [4.69, 9.17) is 20.9 Å². The number of nitrogens with two attached hydrogens (primary N) is 2. The third-order valence-electron chi connectivity index (χ3n) is 5.36. The summed E-state index contributed by atoms with van der Waals surface area (Å²) in [5.74, 6) is -0.568. The SMILES string of the molecule is CNCCCNC1=C(C)C(=O)c2c(c(COC(N)=O)c3n2C[C@H](N)[C@@H]3OC)C1=O. The zero-order valence-electron chi connectivity index (χ0n) is 16.8. The van der Waals surface area contributed by atoms with Gasteiger partial charge in [-0.25, -0.2) is 4.79 Å². The predicted molar refractivity (Wildman–Crippen MR) is 104 cm³/mol. The molecule has 0 saturated carbocycles. The number of primary amides is 1. The normalized spacial score (nSPS) is 20.7. The average molecular weight is 405 g/mol. The Hall–Kier alpha value is -2.69. The number of hydrogen-bond donors (Lipinski definition) is 4. The molecule has 1 aromatic rings. The number of fused-ring (bicyclic) bond motifs is 3. The number of ether oxygens (including phenoxy) is 2. The highest BCUT2D eigenvalue weighted by atomic mass is 16.5. The maximum atomic E-state index is 13.3. The molecule has 1 aromatic heterocycles. The lowest BCUT2D eigenvalue weighted by atomic mass is 9.89. The van der Waals surface area contributed by atoms with Crippen LogP contribution in [0.4, 0.5) is 4.79 Å². The minimum atomic E-state index is -0.971. The van der Waals surface area contributed by atoms with Gasteiger partial charge in [-0.15, -0.1) is 0 Å². The first kappa shape index (κ1) is 21.0. The molecule has 6 N–H and O–H groups in total.